The van der Waals surface area contributed by atoms with Gasteiger partial charge in [-0.2, -0.15) is 0 Å². The lowest BCUT2D eigenvalue weighted by Crippen LogP contribution is -2.07. The van der Waals surface area contributed by atoms with E-state index in [0.717, 1.165) is 34.4 Å². The first kappa shape index (κ1) is 14.7. The SMILES string of the molecule is Cc1cc(C)c(C(O)Cc2ccc(F)c(F)c2)c(C)c1. The van der Waals surface area contributed by atoms with Crippen molar-refractivity contribution < 1.29 is 13.9 Å². The van der Waals surface area contributed by atoms with E-state index in [9.17, 15) is 13.9 Å². The van der Waals surface area contributed by atoms with Crippen molar-refractivity contribution in [1.29, 1.82) is 0 Å². The molecular weight excluding hydrogens is 258 g/mol. The first-order valence-corrected chi connectivity index (χ1v) is 6.58. The number of hydrogen-bond acceptors (Lipinski definition) is 1. The van der Waals surface area contributed by atoms with Gasteiger partial charge in [-0.15, -0.1) is 0 Å². The van der Waals surface area contributed by atoms with E-state index in [4.69, 9.17) is 0 Å². The third-order valence-corrected chi connectivity index (χ3v) is 3.48. The van der Waals surface area contributed by atoms with Crippen LogP contribution < -0.4 is 0 Å². The quantitative estimate of drug-likeness (QED) is 0.892. The molecule has 2 rings (SSSR count). The number of aryl methyl sites for hydroxylation is 3. The van der Waals surface area contributed by atoms with E-state index >= 15 is 0 Å². The molecule has 1 N–H and O–H groups in total. The van der Waals surface area contributed by atoms with Crippen LogP contribution in [0, 0.1) is 32.4 Å². The molecule has 0 aliphatic heterocycles. The monoisotopic (exact) mass is 276 g/mol. The summed E-state index contributed by atoms with van der Waals surface area (Å²) in [7, 11) is 0. The summed E-state index contributed by atoms with van der Waals surface area (Å²) >= 11 is 0. The normalized spacial score (nSPS) is 12.5. The molecule has 106 valence electrons. The number of rotatable bonds is 3. The first-order chi connectivity index (χ1) is 9.38. The van der Waals surface area contributed by atoms with E-state index in [1.165, 1.54) is 6.07 Å². The molecule has 0 aliphatic carbocycles. The Kier molecular flexibility index (Phi) is 4.19. The molecule has 0 heterocycles. The Morgan fingerprint density at radius 1 is 0.950 bits per heavy atom. The minimum atomic E-state index is -0.882. The van der Waals surface area contributed by atoms with Crippen LogP contribution >= 0.6 is 0 Å². The molecule has 2 aromatic carbocycles. The second-order valence-corrected chi connectivity index (χ2v) is 5.28. The standard InChI is InChI=1S/C17H18F2O/c1-10-6-11(2)17(12(3)7-10)16(20)9-13-4-5-14(18)15(19)8-13/h4-8,16,20H,9H2,1-3H3. The van der Waals surface area contributed by atoms with Gasteiger partial charge in [0.2, 0.25) is 0 Å². The molecule has 0 saturated carbocycles. The van der Waals surface area contributed by atoms with E-state index in [0.29, 0.717) is 5.56 Å². The van der Waals surface area contributed by atoms with E-state index in [1.54, 1.807) is 0 Å². The predicted octanol–water partition coefficient (Wildman–Crippen LogP) is 4.17. The van der Waals surface area contributed by atoms with Gasteiger partial charge >= 0.3 is 0 Å². The molecular formula is C17H18F2O. The second-order valence-electron chi connectivity index (χ2n) is 5.28. The highest BCUT2D eigenvalue weighted by atomic mass is 19.2. The van der Waals surface area contributed by atoms with Crippen molar-refractivity contribution in [3.63, 3.8) is 0 Å². The van der Waals surface area contributed by atoms with E-state index in [1.807, 2.05) is 32.9 Å². The maximum atomic E-state index is 13.2. The molecule has 0 fully saturated rings. The molecule has 1 unspecified atom stereocenters. The van der Waals surface area contributed by atoms with Crippen molar-refractivity contribution in [3.8, 4) is 0 Å². The van der Waals surface area contributed by atoms with Gasteiger partial charge in [0.25, 0.3) is 0 Å². The lowest BCUT2D eigenvalue weighted by atomic mass is 9.92. The predicted molar refractivity (Wildman–Crippen MR) is 75.7 cm³/mol. The molecule has 0 aliphatic rings. The lowest BCUT2D eigenvalue weighted by Gasteiger charge is -2.17. The van der Waals surface area contributed by atoms with Gasteiger partial charge in [-0.3, -0.25) is 0 Å². The molecule has 0 amide bonds. The maximum absolute atomic E-state index is 13.2. The smallest absolute Gasteiger partial charge is 0.159 e. The van der Waals surface area contributed by atoms with Gasteiger partial charge < -0.3 is 5.11 Å². The van der Waals surface area contributed by atoms with Crippen LogP contribution in [0.1, 0.15) is 33.9 Å². The number of hydrogen-bond donors (Lipinski definition) is 1. The summed E-state index contributed by atoms with van der Waals surface area (Å²) in [6, 6.07) is 7.75. The molecule has 0 aromatic heterocycles. The maximum Gasteiger partial charge on any atom is 0.159 e. The molecule has 3 heteroatoms. The number of aliphatic hydroxyl groups excluding tert-OH is 1. The topological polar surface area (TPSA) is 20.2 Å². The third-order valence-electron chi connectivity index (χ3n) is 3.48. The van der Waals surface area contributed by atoms with Crippen LogP contribution in [0.3, 0.4) is 0 Å². The van der Waals surface area contributed by atoms with Crippen LogP contribution in [0.25, 0.3) is 0 Å². The summed E-state index contributed by atoms with van der Waals surface area (Å²) in [6.45, 7) is 5.90. The summed E-state index contributed by atoms with van der Waals surface area (Å²) < 4.78 is 26.1. The highest BCUT2D eigenvalue weighted by molar-refractivity contribution is 5.39. The molecule has 0 bridgehead atoms. The summed E-state index contributed by atoms with van der Waals surface area (Å²) in [5.74, 6) is -1.75. The van der Waals surface area contributed by atoms with Crippen molar-refractivity contribution in [2.75, 3.05) is 0 Å². The molecule has 0 radical (unpaired) electrons. The van der Waals surface area contributed by atoms with E-state index in [2.05, 4.69) is 0 Å². The number of halogens is 2. The molecule has 0 spiro atoms. The summed E-state index contributed by atoms with van der Waals surface area (Å²) in [5, 5.41) is 10.4. The lowest BCUT2D eigenvalue weighted by molar-refractivity contribution is 0.177. The second kappa shape index (κ2) is 5.71. The van der Waals surface area contributed by atoms with Gasteiger partial charge in [-0.25, -0.2) is 8.78 Å². The Balaban J connectivity index is 2.28. The fraction of sp³-hybridized carbons (Fsp3) is 0.294. The van der Waals surface area contributed by atoms with Crippen molar-refractivity contribution >= 4 is 0 Å². The average Bonchev–Trinajstić information content (AvgIpc) is 2.32. The summed E-state index contributed by atoms with van der Waals surface area (Å²) in [6.07, 6.45) is -0.456. The van der Waals surface area contributed by atoms with Crippen LogP contribution in [0.4, 0.5) is 8.78 Å². The Bertz CT molecular complexity index is 612. The van der Waals surface area contributed by atoms with E-state index in [-0.39, 0.29) is 6.42 Å². The third kappa shape index (κ3) is 3.05. The van der Waals surface area contributed by atoms with Crippen molar-refractivity contribution in [2.24, 2.45) is 0 Å². The van der Waals surface area contributed by atoms with Crippen LogP contribution in [0.2, 0.25) is 0 Å². The molecule has 1 atom stereocenters. The zero-order chi connectivity index (χ0) is 14.9. The zero-order valence-corrected chi connectivity index (χ0v) is 11.9. The van der Waals surface area contributed by atoms with Gasteiger partial charge in [-0.1, -0.05) is 23.8 Å². The van der Waals surface area contributed by atoms with Crippen LogP contribution in [0.5, 0.6) is 0 Å². The highest BCUT2D eigenvalue weighted by Gasteiger charge is 2.15. The average molecular weight is 276 g/mol. The minimum Gasteiger partial charge on any atom is -0.388 e. The van der Waals surface area contributed by atoms with E-state index < -0.39 is 17.7 Å². The summed E-state index contributed by atoms with van der Waals surface area (Å²) in [5.41, 5.74) is 4.61. The fourth-order valence-electron chi connectivity index (χ4n) is 2.71. The zero-order valence-electron chi connectivity index (χ0n) is 11.9. The van der Waals surface area contributed by atoms with Crippen LogP contribution in [-0.2, 0) is 6.42 Å². The van der Waals surface area contributed by atoms with Crippen LogP contribution in [-0.4, -0.2) is 5.11 Å². The molecule has 1 nitrogen and oxygen atoms in total. The fourth-order valence-corrected chi connectivity index (χ4v) is 2.71. The molecule has 20 heavy (non-hydrogen) atoms. The van der Waals surface area contributed by atoms with Gasteiger partial charge in [0.05, 0.1) is 6.10 Å². The summed E-state index contributed by atoms with van der Waals surface area (Å²) in [4.78, 5) is 0. The highest BCUT2D eigenvalue weighted by Crippen LogP contribution is 2.26. The van der Waals surface area contributed by atoms with Gasteiger partial charge in [0.15, 0.2) is 11.6 Å². The molecule has 0 saturated heterocycles. The van der Waals surface area contributed by atoms with Crippen molar-refractivity contribution in [2.45, 2.75) is 33.3 Å². The van der Waals surface area contributed by atoms with Gasteiger partial charge in [0.1, 0.15) is 0 Å². The molecule has 2 aromatic rings. The Labute approximate surface area is 117 Å². The van der Waals surface area contributed by atoms with Crippen LogP contribution in [0.15, 0.2) is 30.3 Å². The number of aliphatic hydroxyl groups is 1. The van der Waals surface area contributed by atoms with Crippen molar-refractivity contribution in [3.05, 3.63) is 69.8 Å². The minimum absolute atomic E-state index is 0.266. The van der Waals surface area contributed by atoms with Crippen molar-refractivity contribution in [1.82, 2.24) is 0 Å². The Hall–Kier alpha value is -1.74. The first-order valence-electron chi connectivity index (χ1n) is 6.58. The Morgan fingerprint density at radius 2 is 1.55 bits per heavy atom. The van der Waals surface area contributed by atoms with Gasteiger partial charge in [-0.05, 0) is 55.2 Å². The van der Waals surface area contributed by atoms with Gasteiger partial charge in [0, 0.05) is 6.42 Å². The number of benzene rings is 2. The Morgan fingerprint density at radius 3 is 2.10 bits per heavy atom. The largest absolute Gasteiger partial charge is 0.388 e.